The van der Waals surface area contributed by atoms with E-state index < -0.39 is 0 Å². The largest absolute Gasteiger partial charge is 0.379 e. The summed E-state index contributed by atoms with van der Waals surface area (Å²) in [5.41, 5.74) is 0.805. The number of halogens is 1. The van der Waals surface area contributed by atoms with Gasteiger partial charge in [0.15, 0.2) is 0 Å². The van der Waals surface area contributed by atoms with Crippen molar-refractivity contribution in [3.63, 3.8) is 0 Å². The average molecular weight is 356 g/mol. The quantitative estimate of drug-likeness (QED) is 0.871. The first-order valence-electron chi connectivity index (χ1n) is 7.89. The van der Waals surface area contributed by atoms with Crippen molar-refractivity contribution in [2.24, 2.45) is 0 Å². The van der Waals surface area contributed by atoms with Crippen molar-refractivity contribution in [2.75, 3.05) is 49.7 Å². The lowest BCUT2D eigenvalue weighted by atomic mass is 9.95. The lowest BCUT2D eigenvalue weighted by molar-refractivity contribution is -0.0123. The van der Waals surface area contributed by atoms with Crippen LogP contribution in [-0.2, 0) is 4.74 Å². The van der Waals surface area contributed by atoms with Gasteiger partial charge in [-0.1, -0.05) is 11.6 Å². The number of nitrogens with one attached hydrogen (secondary N) is 2. The molecule has 1 atom stereocenters. The maximum Gasteiger partial charge on any atom is 0.319 e. The fourth-order valence-electron chi connectivity index (χ4n) is 3.09. The molecule has 1 aromatic carbocycles. The fraction of sp³-hybridized carbons (Fsp3) is 0.562. The Hall–Kier alpha value is -0.950. The van der Waals surface area contributed by atoms with Crippen LogP contribution < -0.4 is 10.6 Å². The molecule has 2 fully saturated rings. The third-order valence-corrected chi connectivity index (χ3v) is 5.93. The van der Waals surface area contributed by atoms with Crippen LogP contribution in [-0.4, -0.2) is 60.8 Å². The van der Waals surface area contributed by atoms with Crippen LogP contribution in [0.1, 0.15) is 6.42 Å². The highest BCUT2D eigenvalue weighted by molar-refractivity contribution is 7.99. The van der Waals surface area contributed by atoms with Crippen LogP contribution in [0, 0.1) is 0 Å². The lowest BCUT2D eigenvalue weighted by Crippen LogP contribution is -2.59. The van der Waals surface area contributed by atoms with Crippen molar-refractivity contribution in [3.8, 4) is 0 Å². The Morgan fingerprint density at radius 2 is 2.04 bits per heavy atom. The van der Waals surface area contributed by atoms with E-state index in [0.29, 0.717) is 11.6 Å². The van der Waals surface area contributed by atoms with Gasteiger partial charge >= 0.3 is 6.03 Å². The number of morpholine rings is 1. The topological polar surface area (TPSA) is 53.6 Å². The van der Waals surface area contributed by atoms with Crippen molar-refractivity contribution in [2.45, 2.75) is 12.0 Å². The number of carbonyl (C=O) groups is 1. The predicted molar refractivity (Wildman–Crippen MR) is 95.5 cm³/mol. The molecule has 0 saturated carbocycles. The van der Waals surface area contributed by atoms with Crippen molar-refractivity contribution >= 4 is 35.1 Å². The first-order valence-corrected chi connectivity index (χ1v) is 9.42. The highest BCUT2D eigenvalue weighted by Gasteiger charge is 2.40. The molecule has 0 unspecified atom stereocenters. The van der Waals surface area contributed by atoms with Crippen LogP contribution in [0.2, 0.25) is 5.02 Å². The van der Waals surface area contributed by atoms with Gasteiger partial charge in [0.2, 0.25) is 0 Å². The van der Waals surface area contributed by atoms with E-state index in [1.807, 2.05) is 11.8 Å². The van der Waals surface area contributed by atoms with Crippen LogP contribution in [0.3, 0.4) is 0 Å². The van der Waals surface area contributed by atoms with Crippen LogP contribution >= 0.6 is 23.4 Å². The van der Waals surface area contributed by atoms with E-state index in [4.69, 9.17) is 16.3 Å². The van der Waals surface area contributed by atoms with Crippen molar-refractivity contribution in [1.82, 2.24) is 10.2 Å². The molecule has 3 rings (SSSR count). The number of ether oxygens (including phenoxy) is 1. The molecule has 2 N–H and O–H groups in total. The second-order valence-electron chi connectivity index (χ2n) is 5.94. The van der Waals surface area contributed by atoms with Gasteiger partial charge in [0.25, 0.3) is 0 Å². The Balaban J connectivity index is 1.56. The van der Waals surface area contributed by atoms with Crippen LogP contribution in [0.5, 0.6) is 0 Å². The molecule has 7 heteroatoms. The van der Waals surface area contributed by atoms with Gasteiger partial charge in [0.1, 0.15) is 0 Å². The highest BCUT2D eigenvalue weighted by atomic mass is 35.5. The van der Waals surface area contributed by atoms with Gasteiger partial charge in [-0.15, -0.1) is 0 Å². The molecule has 0 aromatic heterocycles. The van der Waals surface area contributed by atoms with Crippen molar-refractivity contribution in [3.05, 3.63) is 29.3 Å². The second kappa shape index (κ2) is 7.75. The molecule has 5 nitrogen and oxygen atoms in total. The summed E-state index contributed by atoms with van der Waals surface area (Å²) < 4.78 is 5.46. The zero-order valence-corrected chi connectivity index (χ0v) is 14.6. The minimum atomic E-state index is -0.170. The highest BCUT2D eigenvalue weighted by Crippen LogP contribution is 2.33. The number of anilines is 1. The molecule has 0 aliphatic carbocycles. The molecule has 0 spiro atoms. The summed E-state index contributed by atoms with van der Waals surface area (Å²) in [5.74, 6) is 2.21. The Morgan fingerprint density at radius 3 is 2.70 bits per heavy atom. The number of hydrogen-bond acceptors (Lipinski definition) is 4. The van der Waals surface area contributed by atoms with Gasteiger partial charge in [-0.3, -0.25) is 4.90 Å². The summed E-state index contributed by atoms with van der Waals surface area (Å²) in [6.07, 6.45) is 1.11. The molecule has 2 aliphatic rings. The summed E-state index contributed by atoms with van der Waals surface area (Å²) >= 11 is 7.82. The number of nitrogens with zero attached hydrogens (tertiary/aromatic N) is 1. The molecular formula is C16H22ClN3O2S. The third-order valence-electron chi connectivity index (χ3n) is 4.44. The number of thioether (sulfide) groups is 1. The second-order valence-corrected chi connectivity index (χ2v) is 7.48. The van der Waals surface area contributed by atoms with Crippen molar-refractivity contribution < 1.29 is 9.53 Å². The molecule has 126 valence electrons. The third kappa shape index (κ3) is 4.32. The van der Waals surface area contributed by atoms with Gasteiger partial charge < -0.3 is 15.4 Å². The molecule has 2 aliphatic heterocycles. The number of carbonyl (C=O) groups excluding carboxylic acids is 1. The summed E-state index contributed by atoms with van der Waals surface area (Å²) in [6.45, 7) is 4.12. The van der Waals surface area contributed by atoms with E-state index in [1.54, 1.807) is 24.3 Å². The summed E-state index contributed by atoms with van der Waals surface area (Å²) in [5, 5.41) is 6.56. The number of rotatable bonds is 4. The maximum atomic E-state index is 12.2. The van der Waals surface area contributed by atoms with Gasteiger partial charge in [-0.25, -0.2) is 4.79 Å². The lowest BCUT2D eigenvalue weighted by Gasteiger charge is -2.43. The first kappa shape index (κ1) is 16.9. The molecule has 2 heterocycles. The monoisotopic (exact) mass is 355 g/mol. The summed E-state index contributed by atoms with van der Waals surface area (Å²) in [7, 11) is 0. The first-order chi connectivity index (χ1) is 11.2. The summed E-state index contributed by atoms with van der Waals surface area (Å²) in [6, 6.07) is 6.95. The standard InChI is InChI=1S/C16H22ClN3O2S/c17-13-1-3-14(4-2-13)19-15(21)18-11-16(5-10-23-12-16)20-6-8-22-9-7-20/h1-4H,5-12H2,(H2,18,19,21)/t16-/m0/s1. The molecule has 1 aromatic rings. The zero-order valence-electron chi connectivity index (χ0n) is 13.0. The minimum Gasteiger partial charge on any atom is -0.379 e. The van der Waals surface area contributed by atoms with Crippen molar-refractivity contribution in [1.29, 1.82) is 0 Å². The van der Waals surface area contributed by atoms with E-state index in [0.717, 1.165) is 49.9 Å². The Kier molecular flexibility index (Phi) is 5.69. The van der Waals surface area contributed by atoms with E-state index in [1.165, 1.54) is 0 Å². The van der Waals surface area contributed by atoms with Crippen LogP contribution in [0.15, 0.2) is 24.3 Å². The fourth-order valence-corrected chi connectivity index (χ4v) is 4.69. The maximum absolute atomic E-state index is 12.2. The Labute approximate surface area is 146 Å². The smallest absolute Gasteiger partial charge is 0.319 e. The van der Waals surface area contributed by atoms with E-state index in [2.05, 4.69) is 15.5 Å². The number of amides is 2. The van der Waals surface area contributed by atoms with E-state index >= 15 is 0 Å². The van der Waals surface area contributed by atoms with Gasteiger partial charge in [-0.05, 0) is 36.4 Å². The number of urea groups is 1. The molecule has 2 saturated heterocycles. The number of benzene rings is 1. The summed E-state index contributed by atoms with van der Waals surface area (Å²) in [4.78, 5) is 14.7. The molecular weight excluding hydrogens is 334 g/mol. The molecule has 2 amide bonds. The molecule has 0 radical (unpaired) electrons. The van der Waals surface area contributed by atoms with Crippen LogP contribution in [0.4, 0.5) is 10.5 Å². The predicted octanol–water partition coefficient (Wildman–Crippen LogP) is 2.67. The van der Waals surface area contributed by atoms with E-state index in [9.17, 15) is 4.79 Å². The van der Waals surface area contributed by atoms with Gasteiger partial charge in [0, 0.05) is 41.6 Å². The minimum absolute atomic E-state index is 0.0613. The normalized spacial score (nSPS) is 25.3. The number of hydrogen-bond donors (Lipinski definition) is 2. The van der Waals surface area contributed by atoms with E-state index in [-0.39, 0.29) is 11.6 Å². The Morgan fingerprint density at radius 1 is 1.30 bits per heavy atom. The SMILES string of the molecule is O=C(NC[C@@]1(N2CCOCC2)CCSC1)Nc1ccc(Cl)cc1. The Bertz CT molecular complexity index is 529. The zero-order chi connectivity index (χ0) is 16.1. The molecule has 23 heavy (non-hydrogen) atoms. The molecule has 0 bridgehead atoms. The van der Waals surface area contributed by atoms with Crippen LogP contribution in [0.25, 0.3) is 0 Å². The average Bonchev–Trinajstić information content (AvgIpc) is 3.06. The van der Waals surface area contributed by atoms with Gasteiger partial charge in [-0.2, -0.15) is 11.8 Å². The van der Waals surface area contributed by atoms with Gasteiger partial charge in [0.05, 0.1) is 13.2 Å².